The fraction of sp³-hybridized carbons (Fsp3) is 0.389. The van der Waals surface area contributed by atoms with Gasteiger partial charge < -0.3 is 9.88 Å². The molecule has 0 spiro atoms. The minimum Gasteiger partial charge on any atom is -0.310 e. The van der Waals surface area contributed by atoms with Gasteiger partial charge in [0.15, 0.2) is 0 Å². The van der Waals surface area contributed by atoms with Crippen molar-refractivity contribution in [1.82, 2.24) is 9.88 Å². The second-order valence-corrected chi connectivity index (χ2v) is 6.17. The molecule has 4 rings (SSSR count). The van der Waals surface area contributed by atoms with Gasteiger partial charge in [-0.1, -0.05) is 36.4 Å². The summed E-state index contributed by atoms with van der Waals surface area (Å²) in [6.45, 7) is 0.700. The summed E-state index contributed by atoms with van der Waals surface area (Å²) >= 11 is 0. The van der Waals surface area contributed by atoms with E-state index in [0.29, 0.717) is 18.6 Å². The Hall–Kier alpha value is -1.87. The number of nitrogens with zero attached hydrogens (tertiary/aromatic N) is 1. The van der Waals surface area contributed by atoms with Gasteiger partial charge in [-0.3, -0.25) is 4.79 Å². The second kappa shape index (κ2) is 5.15. The van der Waals surface area contributed by atoms with Crippen LogP contribution < -0.4 is 10.9 Å². The molecule has 0 amide bonds. The van der Waals surface area contributed by atoms with Crippen molar-refractivity contribution in [1.29, 1.82) is 0 Å². The fourth-order valence-corrected chi connectivity index (χ4v) is 2.81. The third-order valence-electron chi connectivity index (χ3n) is 4.34. The molecule has 0 bridgehead atoms. The molecule has 1 aromatic carbocycles. The van der Waals surface area contributed by atoms with Gasteiger partial charge in [0, 0.05) is 24.2 Å². The number of pyridine rings is 1. The molecule has 0 radical (unpaired) electrons. The lowest BCUT2D eigenvalue weighted by Crippen LogP contribution is -2.28. The quantitative estimate of drug-likeness (QED) is 0.913. The number of rotatable bonds is 5. The topological polar surface area (TPSA) is 34.0 Å². The van der Waals surface area contributed by atoms with Gasteiger partial charge in [0.05, 0.1) is 5.69 Å². The zero-order valence-electron chi connectivity index (χ0n) is 12.1. The van der Waals surface area contributed by atoms with Crippen LogP contribution in [0, 0.1) is 0 Å². The standard InChI is InChI=1S/C18H20N2O/c21-18-14(12-19-15-7-8-15)6-11-17(20(18)16-9-10-16)13-4-2-1-3-5-13/h1-6,11,15-16,19H,7-10,12H2. The van der Waals surface area contributed by atoms with Crippen LogP contribution in [0.15, 0.2) is 47.3 Å². The highest BCUT2D eigenvalue weighted by Crippen LogP contribution is 2.37. The zero-order chi connectivity index (χ0) is 14.2. The van der Waals surface area contributed by atoms with E-state index in [0.717, 1.165) is 29.7 Å². The van der Waals surface area contributed by atoms with Crippen LogP contribution in [0.3, 0.4) is 0 Å². The molecular weight excluding hydrogens is 260 g/mol. The minimum absolute atomic E-state index is 0.187. The summed E-state index contributed by atoms with van der Waals surface area (Å²) in [6, 6.07) is 15.4. The van der Waals surface area contributed by atoms with Crippen molar-refractivity contribution >= 4 is 0 Å². The first-order valence-corrected chi connectivity index (χ1v) is 7.86. The third-order valence-corrected chi connectivity index (χ3v) is 4.34. The highest BCUT2D eigenvalue weighted by Gasteiger charge is 2.28. The Morgan fingerprint density at radius 1 is 1.00 bits per heavy atom. The SMILES string of the molecule is O=c1c(CNC2CC2)ccc(-c2ccccc2)n1C1CC1. The van der Waals surface area contributed by atoms with Gasteiger partial charge in [-0.2, -0.15) is 0 Å². The Balaban J connectivity index is 1.73. The maximum absolute atomic E-state index is 12.8. The molecule has 2 saturated carbocycles. The number of hydrogen-bond donors (Lipinski definition) is 1. The zero-order valence-corrected chi connectivity index (χ0v) is 12.1. The van der Waals surface area contributed by atoms with Crippen molar-refractivity contribution in [2.45, 2.75) is 44.3 Å². The van der Waals surface area contributed by atoms with Crippen LogP contribution in [0.2, 0.25) is 0 Å². The molecule has 2 fully saturated rings. The maximum Gasteiger partial charge on any atom is 0.255 e. The Bertz CT molecular complexity index is 697. The highest BCUT2D eigenvalue weighted by atomic mass is 16.1. The molecule has 2 aromatic rings. The molecule has 0 atom stereocenters. The number of benzene rings is 1. The normalized spacial score (nSPS) is 17.9. The molecule has 0 aliphatic heterocycles. The monoisotopic (exact) mass is 280 g/mol. The molecule has 1 N–H and O–H groups in total. The highest BCUT2D eigenvalue weighted by molar-refractivity contribution is 5.60. The van der Waals surface area contributed by atoms with E-state index in [1.807, 2.05) is 28.8 Å². The van der Waals surface area contributed by atoms with Crippen molar-refractivity contribution in [2.24, 2.45) is 0 Å². The molecule has 108 valence electrons. The summed E-state index contributed by atoms with van der Waals surface area (Å²) < 4.78 is 2.01. The number of nitrogens with one attached hydrogen (secondary N) is 1. The Labute approximate surface area is 124 Å². The molecule has 3 nitrogen and oxygen atoms in total. The van der Waals surface area contributed by atoms with Crippen molar-refractivity contribution in [3.63, 3.8) is 0 Å². The predicted octanol–water partition coefficient (Wildman–Crippen LogP) is 3.10. The Morgan fingerprint density at radius 3 is 2.43 bits per heavy atom. The molecule has 0 saturated heterocycles. The summed E-state index contributed by atoms with van der Waals surface area (Å²) in [7, 11) is 0. The van der Waals surface area contributed by atoms with Gasteiger partial charge >= 0.3 is 0 Å². The molecule has 2 aliphatic carbocycles. The average molecular weight is 280 g/mol. The van der Waals surface area contributed by atoms with Crippen LogP contribution in [0.5, 0.6) is 0 Å². The van der Waals surface area contributed by atoms with E-state index in [-0.39, 0.29) is 5.56 Å². The van der Waals surface area contributed by atoms with Crippen LogP contribution in [-0.2, 0) is 6.54 Å². The van der Waals surface area contributed by atoms with Crippen LogP contribution in [-0.4, -0.2) is 10.6 Å². The summed E-state index contributed by atoms with van der Waals surface area (Å²) in [5.41, 5.74) is 3.27. The van der Waals surface area contributed by atoms with Crippen LogP contribution in [0.4, 0.5) is 0 Å². The van der Waals surface area contributed by atoms with E-state index >= 15 is 0 Å². The summed E-state index contributed by atoms with van der Waals surface area (Å²) in [6.07, 6.45) is 4.75. The molecule has 1 aromatic heterocycles. The molecule has 21 heavy (non-hydrogen) atoms. The van der Waals surface area contributed by atoms with Crippen LogP contribution >= 0.6 is 0 Å². The van der Waals surface area contributed by atoms with Gasteiger partial charge in [-0.25, -0.2) is 0 Å². The summed E-state index contributed by atoms with van der Waals surface area (Å²) in [4.78, 5) is 12.8. The van der Waals surface area contributed by atoms with Crippen LogP contribution in [0.25, 0.3) is 11.3 Å². The predicted molar refractivity (Wildman–Crippen MR) is 84.3 cm³/mol. The lowest BCUT2D eigenvalue weighted by atomic mass is 10.1. The average Bonchev–Trinajstić information content (AvgIpc) is 3.39. The first kappa shape index (κ1) is 12.8. The molecule has 3 heteroatoms. The van der Waals surface area contributed by atoms with Crippen molar-refractivity contribution < 1.29 is 0 Å². The Morgan fingerprint density at radius 2 is 1.76 bits per heavy atom. The molecule has 2 aliphatic rings. The van der Waals surface area contributed by atoms with Gasteiger partial charge in [0.25, 0.3) is 5.56 Å². The van der Waals surface area contributed by atoms with E-state index in [1.54, 1.807) is 0 Å². The lowest BCUT2D eigenvalue weighted by Gasteiger charge is -2.14. The van der Waals surface area contributed by atoms with E-state index in [4.69, 9.17) is 0 Å². The smallest absolute Gasteiger partial charge is 0.255 e. The molecular formula is C18H20N2O. The first-order chi connectivity index (χ1) is 10.3. The van der Waals surface area contributed by atoms with Gasteiger partial charge in [0.2, 0.25) is 0 Å². The number of hydrogen-bond acceptors (Lipinski definition) is 2. The van der Waals surface area contributed by atoms with E-state index < -0.39 is 0 Å². The lowest BCUT2D eigenvalue weighted by molar-refractivity contribution is 0.654. The maximum atomic E-state index is 12.8. The summed E-state index contributed by atoms with van der Waals surface area (Å²) in [5.74, 6) is 0. The summed E-state index contributed by atoms with van der Waals surface area (Å²) in [5, 5.41) is 3.45. The third kappa shape index (κ3) is 2.66. The number of aromatic nitrogens is 1. The van der Waals surface area contributed by atoms with Gasteiger partial charge in [0.1, 0.15) is 0 Å². The van der Waals surface area contributed by atoms with Crippen molar-refractivity contribution in [3.05, 3.63) is 58.4 Å². The largest absolute Gasteiger partial charge is 0.310 e. The van der Waals surface area contributed by atoms with E-state index in [2.05, 4.69) is 23.5 Å². The first-order valence-electron chi connectivity index (χ1n) is 7.86. The van der Waals surface area contributed by atoms with Crippen molar-refractivity contribution in [2.75, 3.05) is 0 Å². The van der Waals surface area contributed by atoms with Crippen molar-refractivity contribution in [3.8, 4) is 11.3 Å². The van der Waals surface area contributed by atoms with Crippen LogP contribution in [0.1, 0.15) is 37.3 Å². The molecule has 0 unspecified atom stereocenters. The second-order valence-electron chi connectivity index (χ2n) is 6.17. The minimum atomic E-state index is 0.187. The fourth-order valence-electron chi connectivity index (χ4n) is 2.81. The van der Waals surface area contributed by atoms with Gasteiger partial charge in [-0.05, 0) is 37.3 Å². The molecule has 1 heterocycles. The van der Waals surface area contributed by atoms with Gasteiger partial charge in [-0.15, -0.1) is 0 Å². The van der Waals surface area contributed by atoms with E-state index in [9.17, 15) is 4.79 Å². The Kier molecular flexibility index (Phi) is 3.15. The van der Waals surface area contributed by atoms with E-state index in [1.165, 1.54) is 12.8 Å².